The van der Waals surface area contributed by atoms with Gasteiger partial charge in [-0.3, -0.25) is 19.5 Å². The van der Waals surface area contributed by atoms with E-state index in [4.69, 9.17) is 210 Å². The molecule has 4 heterocycles. The minimum Gasteiger partial charge on any atom is -0.480 e. The lowest BCUT2D eigenvalue weighted by molar-refractivity contribution is -0.193. The Labute approximate surface area is 796 Å². The van der Waals surface area contributed by atoms with Crippen molar-refractivity contribution in [2.45, 2.75) is 131 Å². The van der Waals surface area contributed by atoms with E-state index in [1.165, 1.54) is 29.0 Å². The van der Waals surface area contributed by atoms with E-state index in [0.717, 1.165) is 28.1 Å². The smallest absolute Gasteiger partial charge is 0.416 e. The maximum atomic E-state index is 12.7. The molecule has 0 bridgehead atoms. The first-order valence-corrected chi connectivity index (χ1v) is 44.1. The number of hydrogen-bond acceptors (Lipinski definition) is 24. The van der Waals surface area contributed by atoms with Crippen LogP contribution in [0.15, 0.2) is 84.9 Å². The Morgan fingerprint density at radius 2 is 0.811 bits per heavy atom. The van der Waals surface area contributed by atoms with E-state index in [0.29, 0.717) is 128 Å². The zero-order valence-corrected chi connectivity index (χ0v) is 79.5. The van der Waals surface area contributed by atoms with Crippen molar-refractivity contribution in [3.05, 3.63) is 245 Å². The molecule has 4 amide bonds. The molecule has 4 fully saturated rings. The highest BCUT2D eigenvalue weighted by atomic mass is 35.5. The zero-order chi connectivity index (χ0) is 101. The number of anilines is 6. The lowest BCUT2D eigenvalue weighted by Gasteiger charge is -2.32. The molecular weight excluding hydrogens is 1890 g/mol. The summed E-state index contributed by atoms with van der Waals surface area (Å²) in [5.41, 5.74) is 16.4. The second-order valence-electron chi connectivity index (χ2n) is 28.0. The van der Waals surface area contributed by atoms with Gasteiger partial charge in [0.15, 0.2) is 14.5 Å². The summed E-state index contributed by atoms with van der Waals surface area (Å²) in [6.45, 7) is 73.8. The number of cyclic esters (lactones) is 4. The number of nitrogens with one attached hydrogen (secondary N) is 2. The lowest BCUT2D eigenvalue weighted by atomic mass is 10.1. The molecule has 1 unspecified atom stereocenters. The van der Waals surface area contributed by atoms with Gasteiger partial charge in [-0.25, -0.2) is 62.4 Å². The Kier molecular flexibility index (Phi) is 52.1. The SMILES string of the molecule is N[C@H](CO)C(=O)O.O=C=O.O=C=O.O=C=O.[C-]#[N+]c1ccc(F)c(C)c1Cl.[C-]#[N+]c1ccc(N2C(=O)OC[C@@H]2C(C)O[Si](C)(C)C)c(C)c1Cl.[C-]#[N+]c1ccc(N2C(=O)OC[C@@H]2C)c(C)c1Cl.[C-]#[N+]c1ccc(N2C(=O)OC[C@@H]2CO)c(C)c1Cl.[C-]#[N+]c1ccc(N2C(=O)OC[C@@H]2OC)c(C)c1Cl.[C-]#[N+]c1ccc(NCCO)c(C)c1Cl.[C-]#[N+]c1ccc(N[C@@H](C)CO)c(C)c1Cl. The van der Waals surface area contributed by atoms with Gasteiger partial charge >= 0.3 is 48.8 Å². The van der Waals surface area contributed by atoms with Crippen molar-refractivity contribution < 1.29 is 111 Å². The zero-order valence-electron chi connectivity index (χ0n) is 73.2. The molecule has 0 radical (unpaired) electrons. The minimum atomic E-state index is -1.74. The van der Waals surface area contributed by atoms with E-state index in [9.17, 15) is 33.5 Å². The van der Waals surface area contributed by atoms with Crippen LogP contribution in [-0.2, 0) is 61.7 Å². The van der Waals surface area contributed by atoms with Crippen LogP contribution in [0.4, 0.5) is 97.5 Å². The van der Waals surface area contributed by atoms with Crippen LogP contribution in [0.25, 0.3) is 33.9 Å². The van der Waals surface area contributed by atoms with Crippen molar-refractivity contribution in [3.8, 4) is 0 Å². The van der Waals surface area contributed by atoms with Gasteiger partial charge in [-0.05, 0) is 170 Å². The molecule has 4 aliphatic rings. The third kappa shape index (κ3) is 33.5. The van der Waals surface area contributed by atoms with Crippen LogP contribution >= 0.6 is 81.2 Å². The number of aliphatic carboxylic acids is 1. The van der Waals surface area contributed by atoms with Crippen LogP contribution in [-0.4, -0.2) is 192 Å². The van der Waals surface area contributed by atoms with Crippen LogP contribution < -0.4 is 36.0 Å². The van der Waals surface area contributed by atoms with Gasteiger partial charge in [0.05, 0.1) is 138 Å². The topological polar surface area (TPSA) is 438 Å². The van der Waals surface area contributed by atoms with Gasteiger partial charge in [-0.15, -0.1) is 0 Å². The Morgan fingerprint density at radius 3 is 1.16 bits per heavy atom. The number of halogens is 8. The molecule has 0 saturated carbocycles. The number of ether oxygens (including phenoxy) is 5. The largest absolute Gasteiger partial charge is 0.480 e. The fraction of sp³-hybridized carbons (Fsp3) is 0.345. The van der Waals surface area contributed by atoms with E-state index in [2.05, 4.69) is 64.2 Å². The fourth-order valence-electron chi connectivity index (χ4n) is 11.5. The quantitative estimate of drug-likeness (QED) is 0.0238. The standard InChI is InChI=1S/C16H21ClN2O3Si.2C12H11ClN2O3.C12H11ClN2O2.C11H13ClN2O.C10H11ClN2O.C8H5ClFN.C3H7NO3.3CO2/c1-10-13(8-7-12(18-3)15(10)17)19-14(9-21-16(19)20)11(2)22-23(4,5)6;1-7-9(5-4-8(14-2)11(7)13)15-10(17-3)6-18-12(15)16;1-7-10(4-3-9(14-2)11(7)13)15-8(5-16)6-18-12(15)17;1-7-6-17-12(16)15(7)10-5-4-9(14-3)11(13)8(10)2;1-7(6-15)14-9-4-5-10(13-3)11(12)8(9)2;1-7-8(13-5-6-14)3-4-9(12-2)10(7)11;1-5-6(10)3-4-7(11-2)8(5)9;4-2(1-5)3(6)7;3*2-1-3/h7-8,11,14H,9H2,1-2,4-6H3;4-5,10H,6H2,1,3H3;3-4,8,16H,5-6H2,1H3;4-5,7H,6H2,1-2H3;4-5,7,14-15H,6H2,1-2H3;3-4,13-14H,5-6H2,1H3;3-4H,1H3;2,5H,1,4H2,(H,6,7);;;/t11?,14-;10-;8-;2*7-;;;2-;;;/m10000..1.../s1. The van der Waals surface area contributed by atoms with Crippen molar-refractivity contribution in [1.29, 1.82) is 0 Å². The van der Waals surface area contributed by atoms with E-state index < -0.39 is 57.5 Å². The lowest BCUT2D eigenvalue weighted by Crippen LogP contribution is -2.46. The predicted molar refractivity (Wildman–Crippen MR) is 495 cm³/mol. The van der Waals surface area contributed by atoms with Crippen molar-refractivity contribution in [2.24, 2.45) is 5.73 Å². The van der Waals surface area contributed by atoms with Gasteiger partial charge in [-0.1, -0.05) is 124 Å². The minimum absolute atomic E-state index is 0.0175. The molecule has 11 rings (SSSR count). The number of aliphatic hydroxyl groups excluding tert-OH is 4. The van der Waals surface area contributed by atoms with Gasteiger partial charge in [0.25, 0.3) is 0 Å². The van der Waals surface area contributed by atoms with E-state index in [1.54, 1.807) is 117 Å². The van der Waals surface area contributed by atoms with E-state index in [-0.39, 0.29) is 99.3 Å². The maximum absolute atomic E-state index is 12.7. The third-order valence-electron chi connectivity index (χ3n) is 18.2. The molecule has 7 aromatic carbocycles. The summed E-state index contributed by atoms with van der Waals surface area (Å²) < 4.78 is 44.0. The summed E-state index contributed by atoms with van der Waals surface area (Å²) in [7, 11) is -0.235. The van der Waals surface area contributed by atoms with Gasteiger partial charge in [0.1, 0.15) is 38.3 Å². The first kappa shape index (κ1) is 117. The van der Waals surface area contributed by atoms with Crippen LogP contribution in [0.3, 0.4) is 0 Å². The summed E-state index contributed by atoms with van der Waals surface area (Å²) >= 11 is 42.1. The van der Waals surface area contributed by atoms with Gasteiger partial charge < -0.3 is 70.0 Å². The van der Waals surface area contributed by atoms with Gasteiger partial charge in [-0.2, -0.15) is 28.8 Å². The molecule has 700 valence electrons. The van der Waals surface area contributed by atoms with Gasteiger partial charge in [0, 0.05) is 48.1 Å². The summed E-state index contributed by atoms with van der Waals surface area (Å²) in [6.07, 6.45) is -1.62. The predicted octanol–water partition coefficient (Wildman–Crippen LogP) is 19.5. The number of carboxylic acid groups (broad SMARTS) is 1. The third-order valence-corrected chi connectivity index (χ3v) is 22.6. The number of aliphatic hydroxyl groups is 4. The summed E-state index contributed by atoms with van der Waals surface area (Å²) in [5.74, 6) is -1.55. The van der Waals surface area contributed by atoms with Crippen molar-refractivity contribution in [2.75, 3.05) is 96.7 Å². The fourth-order valence-corrected chi connectivity index (χ4v) is 14.2. The monoisotopic (exact) mass is 1970 g/mol. The highest BCUT2D eigenvalue weighted by molar-refractivity contribution is 6.69. The first-order valence-electron chi connectivity index (χ1n) is 38.1. The highest BCUT2D eigenvalue weighted by Gasteiger charge is 2.42. The van der Waals surface area contributed by atoms with Crippen LogP contribution in [0.1, 0.15) is 59.7 Å². The van der Waals surface area contributed by atoms with E-state index in [1.807, 2.05) is 34.6 Å². The number of carbonyl (C=O) groups is 5. The Morgan fingerprint density at radius 1 is 0.492 bits per heavy atom. The second-order valence-corrected chi connectivity index (χ2v) is 35.1. The molecule has 4 aliphatic heterocycles. The number of methoxy groups -OCH3 is 1. The number of carbonyl (C=O) groups excluding carboxylic acids is 10. The molecule has 4 saturated heterocycles. The number of rotatable bonds is 17. The van der Waals surface area contributed by atoms with Crippen LogP contribution in [0.2, 0.25) is 54.8 Å². The molecule has 132 heavy (non-hydrogen) atoms. The normalized spacial score (nSPS) is 15.0. The average Bonchev–Trinajstić information content (AvgIpc) is 1.62. The molecule has 36 nitrogen and oxygen atoms in total. The molecule has 7 atom stereocenters. The second kappa shape index (κ2) is 58.7. The average molecular weight is 1980 g/mol. The molecule has 0 aromatic heterocycles. The van der Waals surface area contributed by atoms with Crippen LogP contribution in [0, 0.1) is 100 Å². The Balaban J connectivity index is 0.000000754. The van der Waals surface area contributed by atoms with Gasteiger partial charge in [0.2, 0.25) is 39.8 Å². The van der Waals surface area contributed by atoms with E-state index >= 15 is 0 Å². The van der Waals surface area contributed by atoms with Crippen LogP contribution in [0.5, 0.6) is 0 Å². The molecule has 45 heteroatoms. The number of benzene rings is 7. The molecule has 9 N–H and O–H groups in total. The van der Waals surface area contributed by atoms with Crippen molar-refractivity contribution >= 4 is 212 Å². The number of nitrogens with zero attached hydrogens (tertiary/aromatic N) is 11. The maximum Gasteiger partial charge on any atom is 0.416 e. The number of nitrogens with two attached hydrogens (primary N) is 1. The first-order chi connectivity index (χ1) is 62.3. The highest BCUT2D eigenvalue weighted by Crippen LogP contribution is 2.43. The van der Waals surface area contributed by atoms with Crippen molar-refractivity contribution in [1.82, 2.24) is 0 Å². The summed E-state index contributed by atoms with van der Waals surface area (Å²) in [4.78, 5) is 135. The van der Waals surface area contributed by atoms with Crippen molar-refractivity contribution in [3.63, 3.8) is 0 Å². The Bertz CT molecular complexity index is 5530. The number of carboxylic acids is 1. The molecular formula is C87H90Cl7FN14O22Si. The molecule has 0 aliphatic carbocycles. The summed E-state index contributed by atoms with van der Waals surface area (Å²) in [5, 5.41) is 51.4. The Hall–Kier alpha value is -12.8. The molecule has 7 aromatic rings. The number of hydrogen-bond donors (Lipinski definition) is 8. The summed E-state index contributed by atoms with van der Waals surface area (Å²) in [6, 6.07) is 21.0. The number of amides is 4. The molecule has 0 spiro atoms.